The van der Waals surface area contributed by atoms with Crippen molar-refractivity contribution in [1.29, 1.82) is 0 Å². The van der Waals surface area contributed by atoms with Gasteiger partial charge in [0.1, 0.15) is 11.6 Å². The fourth-order valence-electron chi connectivity index (χ4n) is 5.30. The number of nitrogens with two attached hydrogens (primary N) is 1. The number of aromatic nitrogens is 2. The molecule has 6 rings (SSSR count). The highest BCUT2D eigenvalue weighted by molar-refractivity contribution is 5.45. The van der Waals surface area contributed by atoms with Crippen LogP contribution in [0.3, 0.4) is 0 Å². The first-order valence-corrected chi connectivity index (χ1v) is 9.48. The number of hydrogen-bond donors (Lipinski definition) is 1. The highest BCUT2D eigenvalue weighted by Gasteiger charge is 2.54. The molecule has 136 valence electrons. The summed E-state index contributed by atoms with van der Waals surface area (Å²) in [5.74, 6) is 3.41. The number of hydrogen-bond acceptors (Lipinski definition) is 6. The van der Waals surface area contributed by atoms with Crippen LogP contribution in [0, 0.1) is 5.92 Å². The zero-order valence-corrected chi connectivity index (χ0v) is 15.1. The molecule has 4 aliphatic rings. The Morgan fingerprint density at radius 1 is 1.08 bits per heavy atom. The van der Waals surface area contributed by atoms with Gasteiger partial charge in [-0.1, -0.05) is 12.1 Å². The maximum Gasteiger partial charge on any atom is 0.227 e. The summed E-state index contributed by atoms with van der Waals surface area (Å²) < 4.78 is 5.34. The summed E-state index contributed by atoms with van der Waals surface area (Å²) in [5.41, 5.74) is 7.32. The number of piperidine rings is 3. The van der Waals surface area contributed by atoms with Crippen molar-refractivity contribution in [1.82, 2.24) is 14.9 Å². The van der Waals surface area contributed by atoms with Crippen LogP contribution in [-0.2, 0) is 0 Å². The van der Waals surface area contributed by atoms with Gasteiger partial charge in [0.2, 0.25) is 5.95 Å². The van der Waals surface area contributed by atoms with Crippen LogP contribution in [0.4, 0.5) is 11.8 Å². The normalized spacial score (nSPS) is 32.5. The molecule has 0 saturated carbocycles. The third-order valence-electron chi connectivity index (χ3n) is 6.46. The molecule has 1 aromatic heterocycles. The van der Waals surface area contributed by atoms with E-state index in [2.05, 4.69) is 44.0 Å². The van der Waals surface area contributed by atoms with Crippen molar-refractivity contribution in [2.75, 3.05) is 37.4 Å². The molecule has 2 aromatic rings. The van der Waals surface area contributed by atoms with E-state index in [1.807, 2.05) is 0 Å². The molecule has 6 nitrogen and oxygen atoms in total. The summed E-state index contributed by atoms with van der Waals surface area (Å²) in [6, 6.07) is 11.3. The first kappa shape index (κ1) is 15.9. The lowest BCUT2D eigenvalue weighted by Gasteiger charge is -2.51. The van der Waals surface area contributed by atoms with Gasteiger partial charge in [0.15, 0.2) is 0 Å². The average molecular weight is 351 g/mol. The smallest absolute Gasteiger partial charge is 0.227 e. The van der Waals surface area contributed by atoms with Gasteiger partial charge in [0.25, 0.3) is 0 Å². The van der Waals surface area contributed by atoms with Gasteiger partial charge in [-0.3, -0.25) is 4.90 Å². The lowest BCUT2D eigenvalue weighted by Crippen LogP contribution is -2.60. The minimum Gasteiger partial charge on any atom is -0.497 e. The molecule has 0 unspecified atom stereocenters. The van der Waals surface area contributed by atoms with Crippen molar-refractivity contribution in [3.05, 3.63) is 42.1 Å². The topological polar surface area (TPSA) is 67.5 Å². The van der Waals surface area contributed by atoms with E-state index >= 15 is 0 Å². The van der Waals surface area contributed by atoms with Crippen molar-refractivity contribution < 1.29 is 4.74 Å². The number of nitrogens with zero attached hydrogens (tertiary/aromatic N) is 4. The lowest BCUT2D eigenvalue weighted by molar-refractivity contribution is 0.0353. The van der Waals surface area contributed by atoms with Gasteiger partial charge >= 0.3 is 0 Å². The second kappa shape index (κ2) is 6.13. The van der Waals surface area contributed by atoms with Crippen LogP contribution in [0.15, 0.2) is 36.5 Å². The molecule has 0 radical (unpaired) electrons. The third-order valence-corrected chi connectivity index (χ3v) is 6.46. The van der Waals surface area contributed by atoms with Gasteiger partial charge in [-0.25, -0.2) is 4.98 Å². The second-order valence-corrected chi connectivity index (χ2v) is 7.67. The van der Waals surface area contributed by atoms with E-state index in [-0.39, 0.29) is 0 Å². The molecular formula is C20H25N5O. The van der Waals surface area contributed by atoms with Gasteiger partial charge in [-0.2, -0.15) is 4.98 Å². The maximum absolute atomic E-state index is 5.95. The van der Waals surface area contributed by atoms with E-state index in [1.54, 1.807) is 19.4 Å². The Kier molecular flexibility index (Phi) is 3.74. The zero-order chi connectivity index (χ0) is 17.7. The summed E-state index contributed by atoms with van der Waals surface area (Å²) >= 11 is 0. The van der Waals surface area contributed by atoms with E-state index in [1.165, 1.54) is 31.5 Å². The maximum atomic E-state index is 5.95. The fraction of sp³-hybridized carbons (Fsp3) is 0.500. The highest BCUT2D eigenvalue weighted by Crippen LogP contribution is 2.47. The summed E-state index contributed by atoms with van der Waals surface area (Å²) in [6.45, 7) is 3.37. The third kappa shape index (κ3) is 2.43. The lowest BCUT2D eigenvalue weighted by atomic mass is 9.75. The number of benzene rings is 1. The number of fused-ring (bicyclic) bond motifs is 2. The molecule has 2 bridgehead atoms. The van der Waals surface area contributed by atoms with E-state index < -0.39 is 0 Å². The van der Waals surface area contributed by atoms with Crippen LogP contribution in [0.2, 0.25) is 0 Å². The van der Waals surface area contributed by atoms with Crippen LogP contribution >= 0.6 is 0 Å². The SMILES string of the molecule is COc1ccc([C@@H]2CN(c3nccc(N)n3)[C@@H]3C4CCN(CC4)[C@@H]32)cc1. The Morgan fingerprint density at radius 3 is 2.54 bits per heavy atom. The van der Waals surface area contributed by atoms with Crippen molar-refractivity contribution in [2.45, 2.75) is 30.8 Å². The minimum atomic E-state index is 0.457. The quantitative estimate of drug-likeness (QED) is 0.914. The van der Waals surface area contributed by atoms with Crippen molar-refractivity contribution in [3.8, 4) is 5.75 Å². The number of nitrogen functional groups attached to an aromatic ring is 1. The first-order valence-electron chi connectivity index (χ1n) is 9.48. The van der Waals surface area contributed by atoms with Crippen LogP contribution < -0.4 is 15.4 Å². The molecule has 6 heteroatoms. The van der Waals surface area contributed by atoms with E-state index in [0.29, 0.717) is 23.8 Å². The van der Waals surface area contributed by atoms with Crippen LogP contribution in [0.1, 0.15) is 24.3 Å². The van der Waals surface area contributed by atoms with Gasteiger partial charge in [0.05, 0.1) is 13.2 Å². The molecule has 2 N–H and O–H groups in total. The Bertz CT molecular complexity index is 787. The number of anilines is 2. The summed E-state index contributed by atoms with van der Waals surface area (Å²) in [4.78, 5) is 14.2. The fourth-order valence-corrected chi connectivity index (χ4v) is 5.30. The molecule has 5 heterocycles. The summed E-state index contributed by atoms with van der Waals surface area (Å²) in [6.07, 6.45) is 4.32. The molecule has 4 fully saturated rings. The van der Waals surface area contributed by atoms with Crippen LogP contribution in [0.5, 0.6) is 5.75 Å². The standard InChI is InChI=1S/C20H25N5O/c1-26-15-4-2-13(3-5-15)16-12-25(20-22-9-6-17(21)23-20)18-14-7-10-24(11-8-14)19(16)18/h2-6,9,14,16,18-19H,7-8,10-12H2,1H3,(H2,21,22,23)/t16-,18+,19+/m0/s1. The molecule has 1 aromatic carbocycles. The van der Waals surface area contributed by atoms with Crippen molar-refractivity contribution in [3.63, 3.8) is 0 Å². The predicted molar refractivity (Wildman–Crippen MR) is 101 cm³/mol. The van der Waals surface area contributed by atoms with Crippen LogP contribution in [-0.4, -0.2) is 53.7 Å². The Balaban J connectivity index is 1.54. The molecule has 3 atom stereocenters. The highest BCUT2D eigenvalue weighted by atomic mass is 16.5. The van der Waals surface area contributed by atoms with Gasteiger partial charge in [0, 0.05) is 24.7 Å². The first-order chi connectivity index (χ1) is 12.7. The van der Waals surface area contributed by atoms with E-state index in [4.69, 9.17) is 10.5 Å². The van der Waals surface area contributed by atoms with Gasteiger partial charge in [-0.15, -0.1) is 0 Å². The van der Waals surface area contributed by atoms with Gasteiger partial charge < -0.3 is 15.4 Å². The van der Waals surface area contributed by atoms with E-state index in [0.717, 1.165) is 24.2 Å². The number of rotatable bonds is 3. The Labute approximate surface area is 154 Å². The second-order valence-electron chi connectivity index (χ2n) is 7.67. The molecule has 0 spiro atoms. The molecule has 4 aliphatic heterocycles. The zero-order valence-electron chi connectivity index (χ0n) is 15.1. The Morgan fingerprint density at radius 2 is 1.85 bits per heavy atom. The minimum absolute atomic E-state index is 0.457. The largest absolute Gasteiger partial charge is 0.497 e. The number of methoxy groups -OCH3 is 1. The predicted octanol–water partition coefficient (Wildman–Crippen LogP) is 2.13. The molecule has 0 aliphatic carbocycles. The average Bonchev–Trinajstić information content (AvgIpc) is 3.12. The van der Waals surface area contributed by atoms with Crippen LogP contribution in [0.25, 0.3) is 0 Å². The van der Waals surface area contributed by atoms with E-state index in [9.17, 15) is 0 Å². The summed E-state index contributed by atoms with van der Waals surface area (Å²) in [5, 5.41) is 0. The Hall–Kier alpha value is -2.34. The molecule has 26 heavy (non-hydrogen) atoms. The van der Waals surface area contributed by atoms with Crippen molar-refractivity contribution in [2.24, 2.45) is 5.92 Å². The molecule has 0 amide bonds. The van der Waals surface area contributed by atoms with Crippen molar-refractivity contribution >= 4 is 11.8 Å². The number of ether oxygens (including phenoxy) is 1. The molecule has 4 saturated heterocycles. The summed E-state index contributed by atoms with van der Waals surface area (Å²) in [7, 11) is 1.71. The molecular weight excluding hydrogens is 326 g/mol. The van der Waals surface area contributed by atoms with Gasteiger partial charge in [-0.05, 0) is 55.6 Å². The monoisotopic (exact) mass is 351 g/mol.